The zero-order valence-electron chi connectivity index (χ0n) is 18.6. The third-order valence-corrected chi connectivity index (χ3v) is 5.00. The number of benzene rings is 2. The number of allylic oxidation sites excluding steroid dienone is 1. The fourth-order valence-electron chi connectivity index (χ4n) is 3.31. The Kier molecular flexibility index (Phi) is 7.20. The van der Waals surface area contributed by atoms with Gasteiger partial charge in [0.15, 0.2) is 11.5 Å². The van der Waals surface area contributed by atoms with Crippen LogP contribution in [0.25, 0.3) is 17.1 Å². The molecule has 0 spiro atoms. The highest BCUT2D eigenvalue weighted by molar-refractivity contribution is 6.30. The van der Waals surface area contributed by atoms with E-state index in [4.69, 9.17) is 17.0 Å². The van der Waals surface area contributed by atoms with E-state index < -0.39 is 17.9 Å². The molecule has 0 unspecified atom stereocenters. The standard InChI is InChI=1S/C24H18ClF3N6O2/c1-14(29)11-19(31-16-4-2-3-15(25)12-16)23-21(35)8-10-33(32-23)20-6-5-17(13-18(20)26)34-22(7-9-30-34)36-24(27)28/h2-13,24,29,31H,1H3/b19-11-,29-14?. The molecule has 0 amide bonds. The molecule has 12 heteroatoms. The van der Waals surface area contributed by atoms with E-state index in [0.717, 1.165) is 15.4 Å². The van der Waals surface area contributed by atoms with Crippen molar-refractivity contribution in [3.63, 3.8) is 0 Å². The van der Waals surface area contributed by atoms with Gasteiger partial charge in [-0.15, -0.1) is 0 Å². The van der Waals surface area contributed by atoms with Crippen molar-refractivity contribution >= 4 is 28.7 Å². The van der Waals surface area contributed by atoms with Crippen molar-refractivity contribution < 1.29 is 17.9 Å². The van der Waals surface area contributed by atoms with E-state index in [1.807, 2.05) is 0 Å². The number of halogens is 4. The molecule has 184 valence electrons. The third kappa shape index (κ3) is 5.63. The minimum absolute atomic E-state index is 0.0165. The second-order valence-electron chi connectivity index (χ2n) is 7.45. The molecule has 8 nitrogen and oxygen atoms in total. The summed E-state index contributed by atoms with van der Waals surface area (Å²) < 4.78 is 46.9. The van der Waals surface area contributed by atoms with Crippen LogP contribution < -0.4 is 15.5 Å². The highest BCUT2D eigenvalue weighted by atomic mass is 35.5. The summed E-state index contributed by atoms with van der Waals surface area (Å²) in [6.45, 7) is -1.54. The van der Waals surface area contributed by atoms with Crippen molar-refractivity contribution in [1.82, 2.24) is 19.6 Å². The van der Waals surface area contributed by atoms with Crippen molar-refractivity contribution in [1.29, 1.82) is 5.41 Å². The predicted octanol–water partition coefficient (Wildman–Crippen LogP) is 5.30. The molecular formula is C24H18ClF3N6O2. The Morgan fingerprint density at radius 1 is 1.19 bits per heavy atom. The van der Waals surface area contributed by atoms with Gasteiger partial charge in [-0.3, -0.25) is 4.79 Å². The Morgan fingerprint density at radius 2 is 2.00 bits per heavy atom. The Labute approximate surface area is 207 Å². The summed E-state index contributed by atoms with van der Waals surface area (Å²) in [4.78, 5) is 12.7. The maximum Gasteiger partial charge on any atom is 0.388 e. The van der Waals surface area contributed by atoms with Gasteiger partial charge in [-0.2, -0.15) is 19.0 Å². The first-order valence-corrected chi connectivity index (χ1v) is 10.8. The lowest BCUT2D eigenvalue weighted by Gasteiger charge is -2.14. The van der Waals surface area contributed by atoms with Gasteiger partial charge in [0.05, 0.1) is 17.6 Å². The molecule has 0 bridgehead atoms. The predicted molar refractivity (Wildman–Crippen MR) is 130 cm³/mol. The highest BCUT2D eigenvalue weighted by Crippen LogP contribution is 2.23. The van der Waals surface area contributed by atoms with E-state index in [-0.39, 0.29) is 34.4 Å². The molecule has 36 heavy (non-hydrogen) atoms. The molecule has 4 rings (SSSR count). The summed E-state index contributed by atoms with van der Waals surface area (Å²) >= 11 is 6.04. The van der Waals surface area contributed by atoms with Gasteiger partial charge in [-0.05, 0) is 43.3 Å². The largest absolute Gasteiger partial charge is 0.417 e. The second kappa shape index (κ2) is 10.5. The Bertz CT molecular complexity index is 1520. The number of nitrogens with one attached hydrogen (secondary N) is 2. The maximum atomic E-state index is 15.1. The van der Waals surface area contributed by atoms with E-state index in [9.17, 15) is 13.6 Å². The van der Waals surface area contributed by atoms with Crippen LogP contribution in [0.4, 0.5) is 18.9 Å². The molecule has 4 aromatic rings. The van der Waals surface area contributed by atoms with Crippen molar-refractivity contribution in [3.8, 4) is 17.3 Å². The first kappa shape index (κ1) is 24.7. The minimum atomic E-state index is -3.07. The van der Waals surface area contributed by atoms with Crippen LogP contribution in [0.5, 0.6) is 5.88 Å². The van der Waals surface area contributed by atoms with Crippen molar-refractivity contribution in [2.24, 2.45) is 0 Å². The van der Waals surface area contributed by atoms with Crippen molar-refractivity contribution in [2.75, 3.05) is 5.32 Å². The Balaban J connectivity index is 1.72. The highest BCUT2D eigenvalue weighted by Gasteiger charge is 2.16. The number of hydrogen-bond donors (Lipinski definition) is 2. The van der Waals surface area contributed by atoms with Gasteiger partial charge < -0.3 is 15.5 Å². The topological polar surface area (TPSA) is 97.8 Å². The molecule has 0 saturated carbocycles. The molecule has 2 aromatic carbocycles. The molecule has 0 radical (unpaired) electrons. The fourth-order valence-corrected chi connectivity index (χ4v) is 3.50. The lowest BCUT2D eigenvalue weighted by molar-refractivity contribution is -0.0544. The summed E-state index contributed by atoms with van der Waals surface area (Å²) in [5.74, 6) is -1.02. The van der Waals surface area contributed by atoms with E-state index in [2.05, 4.69) is 20.3 Å². The molecule has 0 aliphatic carbocycles. The normalized spacial score (nSPS) is 11.6. The monoisotopic (exact) mass is 514 g/mol. The summed E-state index contributed by atoms with van der Waals surface area (Å²) in [5, 5.41) is 19.5. The van der Waals surface area contributed by atoms with Crippen LogP contribution in [-0.2, 0) is 0 Å². The van der Waals surface area contributed by atoms with Crippen LogP contribution >= 0.6 is 11.6 Å². The first-order valence-electron chi connectivity index (χ1n) is 10.4. The molecule has 0 aliphatic rings. The lowest BCUT2D eigenvalue weighted by Crippen LogP contribution is -2.19. The zero-order chi connectivity index (χ0) is 25.8. The smallest absolute Gasteiger partial charge is 0.388 e. The Morgan fingerprint density at radius 3 is 2.69 bits per heavy atom. The van der Waals surface area contributed by atoms with Gasteiger partial charge in [0.2, 0.25) is 11.3 Å². The lowest BCUT2D eigenvalue weighted by atomic mass is 10.2. The SMILES string of the molecule is CC(=N)/C=C(\Nc1cccc(Cl)c1)c1nn(-c2ccc(-n3nccc3OC(F)F)cc2F)ccc1=O. The van der Waals surface area contributed by atoms with Gasteiger partial charge in [0, 0.05) is 40.8 Å². The third-order valence-electron chi connectivity index (χ3n) is 4.77. The Hall–Kier alpha value is -4.38. The second-order valence-corrected chi connectivity index (χ2v) is 7.88. The number of nitrogens with zero attached hydrogens (tertiary/aromatic N) is 4. The quantitative estimate of drug-likeness (QED) is 0.311. The molecule has 2 heterocycles. The molecule has 0 atom stereocenters. The van der Waals surface area contributed by atoms with Gasteiger partial charge in [0.1, 0.15) is 5.69 Å². The average Bonchev–Trinajstić information content (AvgIpc) is 3.26. The summed E-state index contributed by atoms with van der Waals surface area (Å²) in [6.07, 6.45) is 3.94. The summed E-state index contributed by atoms with van der Waals surface area (Å²) in [5.41, 5.74) is 0.517. The van der Waals surface area contributed by atoms with Crippen molar-refractivity contribution in [3.05, 3.63) is 99.8 Å². The average molecular weight is 515 g/mol. The number of hydrogen-bond acceptors (Lipinski definition) is 6. The van der Waals surface area contributed by atoms with Crippen LogP contribution in [0.15, 0.2) is 77.9 Å². The van der Waals surface area contributed by atoms with E-state index in [1.165, 1.54) is 49.7 Å². The summed E-state index contributed by atoms with van der Waals surface area (Å²) in [6, 6.07) is 13.1. The van der Waals surface area contributed by atoms with Gasteiger partial charge in [-0.1, -0.05) is 17.7 Å². The number of ether oxygens (including phenoxy) is 1. The number of aromatic nitrogens is 4. The van der Waals surface area contributed by atoms with E-state index >= 15 is 4.39 Å². The first-order chi connectivity index (χ1) is 17.2. The van der Waals surface area contributed by atoms with Crippen LogP contribution in [0.3, 0.4) is 0 Å². The van der Waals surface area contributed by atoms with E-state index in [0.29, 0.717) is 10.7 Å². The van der Waals surface area contributed by atoms with Gasteiger partial charge >= 0.3 is 6.61 Å². The van der Waals surface area contributed by atoms with Crippen LogP contribution in [0, 0.1) is 11.2 Å². The zero-order valence-corrected chi connectivity index (χ0v) is 19.4. The van der Waals surface area contributed by atoms with Crippen LogP contribution in [0.1, 0.15) is 12.6 Å². The van der Waals surface area contributed by atoms with Gasteiger partial charge in [-0.25, -0.2) is 13.8 Å². The van der Waals surface area contributed by atoms with Gasteiger partial charge in [0.25, 0.3) is 0 Å². The fraction of sp³-hybridized carbons (Fsp3) is 0.0833. The van der Waals surface area contributed by atoms with Crippen LogP contribution in [-0.4, -0.2) is 31.9 Å². The molecule has 2 aromatic heterocycles. The van der Waals surface area contributed by atoms with Crippen LogP contribution in [0.2, 0.25) is 5.02 Å². The number of anilines is 1. The van der Waals surface area contributed by atoms with E-state index in [1.54, 1.807) is 24.3 Å². The molecule has 0 saturated heterocycles. The number of rotatable bonds is 8. The van der Waals surface area contributed by atoms with Crippen molar-refractivity contribution in [2.45, 2.75) is 13.5 Å². The summed E-state index contributed by atoms with van der Waals surface area (Å²) in [7, 11) is 0. The molecule has 2 N–H and O–H groups in total. The molecule has 0 aliphatic heterocycles. The molecular weight excluding hydrogens is 497 g/mol. The number of alkyl halides is 2. The maximum absolute atomic E-state index is 15.1. The minimum Gasteiger partial charge on any atom is -0.417 e. The molecule has 0 fully saturated rings.